The zero-order chi connectivity index (χ0) is 11.5. The van der Waals surface area contributed by atoms with E-state index in [2.05, 4.69) is 10.6 Å². The highest BCUT2D eigenvalue weighted by molar-refractivity contribution is 5.87. The van der Waals surface area contributed by atoms with Crippen molar-refractivity contribution < 1.29 is 9.72 Å². The molecule has 0 radical (unpaired) electrons. The lowest BCUT2D eigenvalue weighted by Gasteiger charge is -2.15. The summed E-state index contributed by atoms with van der Waals surface area (Å²) in [6.07, 6.45) is 1.76. The number of hydrogen-bond donors (Lipinski definition) is 2. The van der Waals surface area contributed by atoms with Gasteiger partial charge in [0.1, 0.15) is 0 Å². The third-order valence-electron chi connectivity index (χ3n) is 2.18. The number of carbonyl (C=O) groups excluding carboxylic acids is 1. The monoisotopic (exact) mass is 219 g/mol. The van der Waals surface area contributed by atoms with Crippen LogP contribution in [-0.4, -0.2) is 17.5 Å². The quantitative estimate of drug-likeness (QED) is 0.579. The summed E-state index contributed by atoms with van der Waals surface area (Å²) in [6, 6.07) is 5.83. The molecule has 6 heteroatoms. The van der Waals surface area contributed by atoms with Crippen molar-refractivity contribution >= 4 is 17.4 Å². The third-order valence-corrected chi connectivity index (χ3v) is 2.18. The highest BCUT2D eigenvalue weighted by atomic mass is 16.6. The molecule has 1 aromatic rings. The molecule has 2 N–H and O–H groups in total. The molecular weight excluding hydrogens is 210 g/mol. The molecule has 2 amide bonds. The van der Waals surface area contributed by atoms with Crippen LogP contribution in [0.25, 0.3) is 5.70 Å². The highest BCUT2D eigenvalue weighted by Crippen LogP contribution is 2.19. The molecule has 1 heterocycles. The van der Waals surface area contributed by atoms with Gasteiger partial charge in [0.05, 0.1) is 4.92 Å². The average molecular weight is 219 g/mol. The number of non-ortho nitro benzene ring substituents is 1. The van der Waals surface area contributed by atoms with E-state index in [-0.39, 0.29) is 11.7 Å². The highest BCUT2D eigenvalue weighted by Gasteiger charge is 2.13. The Morgan fingerprint density at radius 2 is 2.19 bits per heavy atom. The minimum atomic E-state index is -0.465. The first-order chi connectivity index (χ1) is 7.66. The maximum absolute atomic E-state index is 11.1. The summed E-state index contributed by atoms with van der Waals surface area (Å²) < 4.78 is 0. The lowest BCUT2D eigenvalue weighted by molar-refractivity contribution is -0.384. The minimum absolute atomic E-state index is 0.00572. The van der Waals surface area contributed by atoms with Gasteiger partial charge in [-0.25, -0.2) is 4.79 Å². The van der Waals surface area contributed by atoms with Crippen LogP contribution in [0.3, 0.4) is 0 Å². The number of nitrogens with one attached hydrogen (secondary N) is 2. The first-order valence-electron chi connectivity index (χ1n) is 4.66. The van der Waals surface area contributed by atoms with Crippen LogP contribution in [0.4, 0.5) is 10.5 Å². The molecule has 82 valence electrons. The molecule has 16 heavy (non-hydrogen) atoms. The van der Waals surface area contributed by atoms with Gasteiger partial charge in [0.25, 0.3) is 5.69 Å². The lowest BCUT2D eigenvalue weighted by Crippen LogP contribution is -2.38. The number of rotatable bonds is 2. The summed E-state index contributed by atoms with van der Waals surface area (Å²) in [6.45, 7) is 0.420. The molecular formula is C10H9N3O3. The molecule has 0 spiro atoms. The Bertz CT molecular complexity index is 482. The predicted molar refractivity (Wildman–Crippen MR) is 57.6 cm³/mol. The number of benzene rings is 1. The fraction of sp³-hybridized carbons (Fsp3) is 0.100. The van der Waals surface area contributed by atoms with E-state index < -0.39 is 4.92 Å². The minimum Gasteiger partial charge on any atom is -0.334 e. The van der Waals surface area contributed by atoms with Gasteiger partial charge >= 0.3 is 6.03 Å². The largest absolute Gasteiger partial charge is 0.334 e. The molecule has 6 nitrogen and oxygen atoms in total. The van der Waals surface area contributed by atoms with E-state index in [1.54, 1.807) is 18.2 Å². The summed E-state index contributed by atoms with van der Waals surface area (Å²) in [4.78, 5) is 21.2. The van der Waals surface area contributed by atoms with E-state index in [1.807, 2.05) is 0 Å². The van der Waals surface area contributed by atoms with Gasteiger partial charge in [0, 0.05) is 29.9 Å². The van der Waals surface area contributed by atoms with E-state index >= 15 is 0 Å². The third kappa shape index (κ3) is 2.00. The zero-order valence-electron chi connectivity index (χ0n) is 8.27. The standard InChI is InChI=1S/C10H9N3O3/c14-10-11-5-4-9(12-10)7-2-1-3-8(6-7)13(15)16/h1-4,6H,5H2,(H2,11,12,14). The Morgan fingerprint density at radius 3 is 2.88 bits per heavy atom. The van der Waals surface area contributed by atoms with Gasteiger partial charge in [0.2, 0.25) is 0 Å². The molecule has 0 bridgehead atoms. The molecule has 0 fully saturated rings. The van der Waals surface area contributed by atoms with Crippen LogP contribution >= 0.6 is 0 Å². The maximum Gasteiger partial charge on any atom is 0.319 e. The second kappa shape index (κ2) is 4.01. The van der Waals surface area contributed by atoms with E-state index in [4.69, 9.17) is 0 Å². The normalized spacial score (nSPS) is 14.8. The van der Waals surface area contributed by atoms with Crippen LogP contribution in [0, 0.1) is 10.1 Å². The second-order valence-corrected chi connectivity index (χ2v) is 3.26. The Kier molecular flexibility index (Phi) is 2.55. The molecule has 0 saturated heterocycles. The summed E-state index contributed by atoms with van der Waals surface area (Å²) >= 11 is 0. The number of amides is 2. The Balaban J connectivity index is 2.33. The molecule has 1 aliphatic heterocycles. The van der Waals surface area contributed by atoms with Crippen LogP contribution < -0.4 is 10.6 Å². The zero-order valence-corrected chi connectivity index (χ0v) is 8.27. The van der Waals surface area contributed by atoms with Crippen LogP contribution in [0.15, 0.2) is 30.3 Å². The Morgan fingerprint density at radius 1 is 1.38 bits per heavy atom. The summed E-state index contributed by atoms with van der Waals surface area (Å²) in [5.41, 5.74) is 1.22. The second-order valence-electron chi connectivity index (χ2n) is 3.26. The van der Waals surface area contributed by atoms with Crippen molar-refractivity contribution in [3.05, 3.63) is 46.0 Å². The van der Waals surface area contributed by atoms with Gasteiger partial charge in [-0.05, 0) is 6.08 Å². The van der Waals surface area contributed by atoms with Gasteiger partial charge in [-0.3, -0.25) is 10.1 Å². The van der Waals surface area contributed by atoms with Crippen LogP contribution in [0.5, 0.6) is 0 Å². The SMILES string of the molecule is O=C1NCC=C(c2cccc([N+](=O)[O-])c2)N1. The number of carbonyl (C=O) groups is 1. The van der Waals surface area contributed by atoms with Crippen molar-refractivity contribution in [2.24, 2.45) is 0 Å². The van der Waals surface area contributed by atoms with Crippen molar-refractivity contribution in [1.29, 1.82) is 0 Å². The van der Waals surface area contributed by atoms with Gasteiger partial charge in [-0.1, -0.05) is 12.1 Å². The molecule has 2 rings (SSSR count). The van der Waals surface area contributed by atoms with Crippen molar-refractivity contribution in [2.75, 3.05) is 6.54 Å². The average Bonchev–Trinajstić information content (AvgIpc) is 2.29. The number of nitro groups is 1. The molecule has 0 unspecified atom stereocenters. The molecule has 0 atom stereocenters. The summed E-state index contributed by atoms with van der Waals surface area (Å²) in [7, 11) is 0. The molecule has 0 aliphatic carbocycles. The number of hydrogen-bond acceptors (Lipinski definition) is 3. The Labute approximate surface area is 91.1 Å². The van der Waals surface area contributed by atoms with Crippen molar-refractivity contribution in [3.63, 3.8) is 0 Å². The van der Waals surface area contributed by atoms with Crippen molar-refractivity contribution in [3.8, 4) is 0 Å². The van der Waals surface area contributed by atoms with E-state index in [0.717, 1.165) is 0 Å². The van der Waals surface area contributed by atoms with Gasteiger partial charge in [-0.2, -0.15) is 0 Å². The van der Waals surface area contributed by atoms with Gasteiger partial charge in [0.15, 0.2) is 0 Å². The fourth-order valence-electron chi connectivity index (χ4n) is 1.44. The topological polar surface area (TPSA) is 84.3 Å². The first kappa shape index (κ1) is 10.2. The molecule has 0 saturated carbocycles. The fourth-order valence-corrected chi connectivity index (χ4v) is 1.44. The van der Waals surface area contributed by atoms with E-state index in [9.17, 15) is 14.9 Å². The number of nitrogens with zero attached hydrogens (tertiary/aromatic N) is 1. The molecule has 1 aromatic carbocycles. The Hall–Kier alpha value is -2.37. The molecule has 0 aromatic heterocycles. The molecule has 1 aliphatic rings. The van der Waals surface area contributed by atoms with Gasteiger partial charge in [-0.15, -0.1) is 0 Å². The lowest BCUT2D eigenvalue weighted by atomic mass is 10.1. The predicted octanol–water partition coefficient (Wildman–Crippen LogP) is 1.25. The first-order valence-corrected chi connectivity index (χ1v) is 4.66. The smallest absolute Gasteiger partial charge is 0.319 e. The van der Waals surface area contributed by atoms with Crippen LogP contribution in [0.2, 0.25) is 0 Å². The van der Waals surface area contributed by atoms with E-state index in [1.165, 1.54) is 12.1 Å². The van der Waals surface area contributed by atoms with Crippen LogP contribution in [0.1, 0.15) is 5.56 Å². The number of nitro benzene ring substituents is 1. The van der Waals surface area contributed by atoms with E-state index in [0.29, 0.717) is 17.8 Å². The number of urea groups is 1. The van der Waals surface area contributed by atoms with Crippen molar-refractivity contribution in [1.82, 2.24) is 10.6 Å². The van der Waals surface area contributed by atoms with Gasteiger partial charge < -0.3 is 10.6 Å². The maximum atomic E-state index is 11.1. The van der Waals surface area contributed by atoms with Crippen molar-refractivity contribution in [2.45, 2.75) is 0 Å². The summed E-state index contributed by atoms with van der Waals surface area (Å²) in [5, 5.41) is 15.7. The van der Waals surface area contributed by atoms with Crippen LogP contribution in [-0.2, 0) is 0 Å². The summed E-state index contributed by atoms with van der Waals surface area (Å²) in [5.74, 6) is 0.